The second-order valence-corrected chi connectivity index (χ2v) is 9.60. The van der Waals surface area contributed by atoms with Crippen LogP contribution in [0.3, 0.4) is 0 Å². The molecule has 0 saturated heterocycles. The number of carbonyl (C=O) groups excluding carboxylic acids is 1. The fraction of sp³-hybridized carbons (Fsp3) is 0.0968. The summed E-state index contributed by atoms with van der Waals surface area (Å²) in [7, 11) is 0. The van der Waals surface area contributed by atoms with E-state index in [4.69, 9.17) is 5.73 Å². The Bertz CT molecular complexity index is 1610. The Kier molecular flexibility index (Phi) is 7.16. The topological polar surface area (TPSA) is 80.0 Å². The number of nitrogens with two attached hydrogens (primary N) is 1. The maximum absolute atomic E-state index is 12.4. The molecule has 5 rings (SSSR count). The van der Waals surface area contributed by atoms with Crippen LogP contribution >= 0.6 is 11.3 Å². The van der Waals surface area contributed by atoms with E-state index in [1.807, 2.05) is 73.7 Å². The van der Waals surface area contributed by atoms with Crippen LogP contribution in [0.4, 0.5) is 22.0 Å². The molecule has 5 aromatic rings. The molecular formula is C31H26N4OS. The van der Waals surface area contributed by atoms with Gasteiger partial charge in [-0.3, -0.25) is 0 Å². The van der Waals surface area contributed by atoms with Gasteiger partial charge in [0.15, 0.2) is 0 Å². The van der Waals surface area contributed by atoms with Gasteiger partial charge in [-0.05, 0) is 59.7 Å². The summed E-state index contributed by atoms with van der Waals surface area (Å²) < 4.78 is 1.04. The van der Waals surface area contributed by atoms with Crippen molar-refractivity contribution in [3.63, 3.8) is 0 Å². The first-order chi connectivity index (χ1) is 18.1. The minimum atomic E-state index is -0.289. The van der Waals surface area contributed by atoms with Crippen molar-refractivity contribution in [2.24, 2.45) is 0 Å². The number of rotatable bonds is 5. The van der Waals surface area contributed by atoms with E-state index < -0.39 is 0 Å². The summed E-state index contributed by atoms with van der Waals surface area (Å²) >= 11 is 1.62. The normalized spacial score (nSPS) is 10.5. The third-order valence-corrected chi connectivity index (χ3v) is 6.97. The van der Waals surface area contributed by atoms with Gasteiger partial charge in [0.05, 0.1) is 10.3 Å². The van der Waals surface area contributed by atoms with Gasteiger partial charge in [-0.25, -0.2) is 9.78 Å². The number of carbonyl (C=O) groups is 1. The molecule has 37 heavy (non-hydrogen) atoms. The van der Waals surface area contributed by atoms with Gasteiger partial charge >= 0.3 is 6.03 Å². The Labute approximate surface area is 220 Å². The number of aromatic nitrogens is 1. The molecule has 0 saturated carbocycles. The monoisotopic (exact) mass is 502 g/mol. The summed E-state index contributed by atoms with van der Waals surface area (Å²) in [6.45, 7) is 1.99. The molecule has 0 unspecified atom stereocenters. The van der Waals surface area contributed by atoms with E-state index in [-0.39, 0.29) is 6.03 Å². The number of benzene rings is 3. The van der Waals surface area contributed by atoms with E-state index in [0.29, 0.717) is 11.5 Å². The lowest BCUT2D eigenvalue weighted by atomic mass is 10.0. The highest BCUT2D eigenvalue weighted by Crippen LogP contribution is 2.38. The van der Waals surface area contributed by atoms with Crippen molar-refractivity contribution in [3.8, 4) is 23.0 Å². The number of aryl methyl sites for hydroxylation is 2. The van der Waals surface area contributed by atoms with E-state index in [2.05, 4.69) is 45.0 Å². The number of hydrogen-bond acceptors (Lipinski definition) is 4. The van der Waals surface area contributed by atoms with Crippen LogP contribution in [0.5, 0.6) is 0 Å². The first kappa shape index (κ1) is 24.1. The van der Waals surface area contributed by atoms with E-state index in [1.54, 1.807) is 17.5 Å². The SMILES string of the molecule is Cc1cccc(NC(=O)Nc2ccc(-c3csc4c(C#CCCc5ccccc5)cnc(N)c34)cc2)c1. The van der Waals surface area contributed by atoms with Gasteiger partial charge in [-0.1, -0.05) is 66.4 Å². The highest BCUT2D eigenvalue weighted by molar-refractivity contribution is 7.18. The first-order valence-electron chi connectivity index (χ1n) is 12.0. The number of fused-ring (bicyclic) bond motifs is 1. The number of nitrogens with zero attached hydrogens (tertiary/aromatic N) is 1. The molecule has 0 aliphatic carbocycles. The molecule has 0 aliphatic heterocycles. The molecule has 6 heteroatoms. The van der Waals surface area contributed by atoms with Crippen LogP contribution in [0.25, 0.3) is 21.2 Å². The van der Waals surface area contributed by atoms with Crippen molar-refractivity contribution in [2.75, 3.05) is 16.4 Å². The lowest BCUT2D eigenvalue weighted by Crippen LogP contribution is -2.19. The van der Waals surface area contributed by atoms with Gasteiger partial charge < -0.3 is 16.4 Å². The van der Waals surface area contributed by atoms with E-state index in [1.165, 1.54) is 5.56 Å². The molecule has 0 spiro atoms. The highest BCUT2D eigenvalue weighted by atomic mass is 32.1. The second-order valence-electron chi connectivity index (χ2n) is 8.72. The quantitative estimate of drug-likeness (QED) is 0.218. The average Bonchev–Trinajstić information content (AvgIpc) is 3.35. The highest BCUT2D eigenvalue weighted by Gasteiger charge is 2.13. The summed E-state index contributed by atoms with van der Waals surface area (Å²) in [5, 5.41) is 8.74. The summed E-state index contributed by atoms with van der Waals surface area (Å²) in [5.41, 5.74) is 13.0. The largest absolute Gasteiger partial charge is 0.383 e. The Morgan fingerprint density at radius 1 is 0.973 bits per heavy atom. The molecule has 3 aromatic carbocycles. The molecule has 0 radical (unpaired) electrons. The van der Waals surface area contributed by atoms with Gasteiger partial charge in [0.25, 0.3) is 0 Å². The Morgan fingerprint density at radius 2 is 1.76 bits per heavy atom. The number of anilines is 3. The Balaban J connectivity index is 1.31. The van der Waals surface area contributed by atoms with E-state index in [9.17, 15) is 4.79 Å². The number of nitrogen functional groups attached to an aromatic ring is 1. The molecule has 0 bridgehead atoms. The molecule has 5 nitrogen and oxygen atoms in total. The van der Waals surface area contributed by atoms with Crippen LogP contribution in [0.2, 0.25) is 0 Å². The number of amides is 2. The van der Waals surface area contributed by atoms with Gasteiger partial charge in [0.2, 0.25) is 0 Å². The zero-order valence-corrected chi connectivity index (χ0v) is 21.2. The lowest BCUT2D eigenvalue weighted by Gasteiger charge is -2.09. The van der Waals surface area contributed by atoms with Crippen molar-refractivity contribution < 1.29 is 4.79 Å². The number of nitrogens with one attached hydrogen (secondary N) is 2. The predicted molar refractivity (Wildman–Crippen MR) is 155 cm³/mol. The van der Waals surface area contributed by atoms with Crippen LogP contribution < -0.4 is 16.4 Å². The minimum Gasteiger partial charge on any atom is -0.383 e. The van der Waals surface area contributed by atoms with Crippen molar-refractivity contribution in [3.05, 3.63) is 107 Å². The van der Waals surface area contributed by atoms with Crippen LogP contribution in [-0.2, 0) is 6.42 Å². The fourth-order valence-corrected chi connectivity index (χ4v) is 5.18. The molecule has 0 fully saturated rings. The van der Waals surface area contributed by atoms with E-state index >= 15 is 0 Å². The Morgan fingerprint density at radius 3 is 2.54 bits per heavy atom. The lowest BCUT2D eigenvalue weighted by molar-refractivity contribution is 0.262. The number of pyridine rings is 1. The summed E-state index contributed by atoms with van der Waals surface area (Å²) in [4.78, 5) is 16.8. The average molecular weight is 503 g/mol. The smallest absolute Gasteiger partial charge is 0.323 e. The van der Waals surface area contributed by atoms with Crippen molar-refractivity contribution in [2.45, 2.75) is 19.8 Å². The fourth-order valence-electron chi connectivity index (χ4n) is 4.13. The van der Waals surface area contributed by atoms with Crippen molar-refractivity contribution in [1.29, 1.82) is 0 Å². The molecule has 4 N–H and O–H groups in total. The van der Waals surface area contributed by atoms with Crippen LogP contribution in [-0.4, -0.2) is 11.0 Å². The second kappa shape index (κ2) is 11.0. The summed E-state index contributed by atoms with van der Waals surface area (Å²) in [6.07, 6.45) is 3.45. The minimum absolute atomic E-state index is 0.289. The maximum atomic E-state index is 12.4. The molecule has 2 heterocycles. The van der Waals surface area contributed by atoms with Gasteiger partial charge in [0.1, 0.15) is 5.82 Å². The predicted octanol–water partition coefficient (Wildman–Crippen LogP) is 7.48. The van der Waals surface area contributed by atoms with Gasteiger partial charge in [-0.2, -0.15) is 0 Å². The maximum Gasteiger partial charge on any atom is 0.323 e. The standard InChI is InChI=1S/C31H26N4OS/c1-21-8-7-13-26(18-21)35-31(36)34-25-16-14-23(15-17-25)27-20-37-29-24(19-33-30(32)28(27)29)12-6-5-11-22-9-3-2-4-10-22/h2-4,7-10,13-20H,5,11H2,1H3,(H2,32,33)(H2,34,35,36). The van der Waals surface area contributed by atoms with Crippen LogP contribution in [0, 0.1) is 18.8 Å². The molecular weight excluding hydrogens is 476 g/mol. The zero-order valence-electron chi connectivity index (χ0n) is 20.4. The molecule has 182 valence electrons. The van der Waals surface area contributed by atoms with E-state index in [0.717, 1.165) is 50.9 Å². The first-order valence-corrected chi connectivity index (χ1v) is 12.9. The molecule has 0 aliphatic rings. The zero-order chi connectivity index (χ0) is 25.6. The third kappa shape index (κ3) is 5.80. The van der Waals surface area contributed by atoms with Gasteiger partial charge in [0, 0.05) is 34.9 Å². The van der Waals surface area contributed by atoms with Gasteiger partial charge in [-0.15, -0.1) is 11.3 Å². The summed E-state index contributed by atoms with van der Waals surface area (Å²) in [5.74, 6) is 7.07. The molecule has 0 atom stereocenters. The Hall–Kier alpha value is -4.60. The number of thiophene rings is 1. The number of urea groups is 1. The van der Waals surface area contributed by atoms with Crippen molar-refractivity contribution >= 4 is 44.6 Å². The third-order valence-electron chi connectivity index (χ3n) is 5.96. The van der Waals surface area contributed by atoms with Crippen molar-refractivity contribution in [1.82, 2.24) is 4.98 Å². The van der Waals surface area contributed by atoms with Crippen LogP contribution in [0.15, 0.2) is 90.4 Å². The number of hydrogen-bond donors (Lipinski definition) is 3. The molecule has 2 amide bonds. The van der Waals surface area contributed by atoms with Crippen LogP contribution in [0.1, 0.15) is 23.1 Å². The summed E-state index contributed by atoms with van der Waals surface area (Å²) in [6, 6.07) is 25.5. The molecule has 2 aromatic heterocycles.